The van der Waals surface area contributed by atoms with Crippen LogP contribution < -0.4 is 5.32 Å². The van der Waals surface area contributed by atoms with Crippen LogP contribution in [0.2, 0.25) is 0 Å². The quantitative estimate of drug-likeness (QED) is 0.621. The van der Waals surface area contributed by atoms with E-state index in [0.29, 0.717) is 6.04 Å². The lowest BCUT2D eigenvalue weighted by Crippen LogP contribution is -2.24. The van der Waals surface area contributed by atoms with Gasteiger partial charge in [-0.2, -0.15) is 0 Å². The average Bonchev–Trinajstić information content (AvgIpc) is 2.80. The molecule has 20 heavy (non-hydrogen) atoms. The van der Waals surface area contributed by atoms with Gasteiger partial charge in [-0.05, 0) is 71.2 Å². The summed E-state index contributed by atoms with van der Waals surface area (Å²) in [6.45, 7) is 5.44. The summed E-state index contributed by atoms with van der Waals surface area (Å²) in [5, 5.41) is 3.68. The zero-order valence-corrected chi connectivity index (χ0v) is 15.7. The van der Waals surface area contributed by atoms with E-state index in [1.165, 1.54) is 19.8 Å². The van der Waals surface area contributed by atoms with Crippen molar-refractivity contribution in [1.29, 1.82) is 0 Å². The molecule has 0 saturated carbocycles. The van der Waals surface area contributed by atoms with E-state index >= 15 is 0 Å². The molecule has 0 saturated heterocycles. The fourth-order valence-electron chi connectivity index (χ4n) is 2.30. The third-order valence-corrected chi connectivity index (χ3v) is 5.42. The number of hydrogen-bond donors (Lipinski definition) is 1. The normalized spacial score (nSPS) is 12.6. The molecule has 2 aromatic rings. The van der Waals surface area contributed by atoms with Gasteiger partial charge in [0.1, 0.15) is 0 Å². The molecule has 0 aliphatic heterocycles. The van der Waals surface area contributed by atoms with E-state index in [2.05, 4.69) is 81.4 Å². The van der Waals surface area contributed by atoms with Crippen molar-refractivity contribution in [2.24, 2.45) is 0 Å². The third kappa shape index (κ3) is 4.42. The fraction of sp³-hybridized carbons (Fsp3) is 0.375. The molecule has 1 nitrogen and oxygen atoms in total. The summed E-state index contributed by atoms with van der Waals surface area (Å²) >= 11 is 8.91. The Bertz CT molecular complexity index is 565. The highest BCUT2D eigenvalue weighted by atomic mass is 79.9. The first kappa shape index (κ1) is 16.2. The van der Waals surface area contributed by atoms with E-state index in [-0.39, 0.29) is 0 Å². The van der Waals surface area contributed by atoms with E-state index < -0.39 is 0 Å². The molecular weight excluding hydrogens is 398 g/mol. The van der Waals surface area contributed by atoms with Crippen LogP contribution in [0.4, 0.5) is 0 Å². The largest absolute Gasteiger partial charge is 0.310 e. The summed E-state index contributed by atoms with van der Waals surface area (Å²) in [5.41, 5.74) is 2.73. The van der Waals surface area contributed by atoms with Crippen LogP contribution in [0.5, 0.6) is 0 Å². The van der Waals surface area contributed by atoms with Crippen molar-refractivity contribution in [3.05, 3.63) is 54.6 Å². The average molecular weight is 417 g/mol. The van der Waals surface area contributed by atoms with Gasteiger partial charge in [0.2, 0.25) is 0 Å². The Hall–Kier alpha value is -0.160. The van der Waals surface area contributed by atoms with Crippen molar-refractivity contribution in [3.63, 3.8) is 0 Å². The van der Waals surface area contributed by atoms with Crippen LogP contribution >= 0.6 is 43.2 Å². The van der Waals surface area contributed by atoms with Crippen molar-refractivity contribution in [2.45, 2.75) is 32.7 Å². The van der Waals surface area contributed by atoms with Crippen LogP contribution in [0.15, 0.2) is 38.6 Å². The number of benzene rings is 1. The second kappa shape index (κ2) is 7.74. The van der Waals surface area contributed by atoms with Crippen LogP contribution in [0.25, 0.3) is 0 Å². The van der Waals surface area contributed by atoms with Crippen molar-refractivity contribution in [3.8, 4) is 0 Å². The first-order valence-electron chi connectivity index (χ1n) is 6.83. The maximum atomic E-state index is 3.68. The van der Waals surface area contributed by atoms with E-state index in [9.17, 15) is 0 Å². The molecule has 1 unspecified atom stereocenters. The van der Waals surface area contributed by atoms with Gasteiger partial charge in [-0.15, -0.1) is 11.3 Å². The lowest BCUT2D eigenvalue weighted by Gasteiger charge is -2.20. The summed E-state index contributed by atoms with van der Waals surface area (Å²) in [6.07, 6.45) is 2.19. The Morgan fingerprint density at radius 2 is 2.00 bits per heavy atom. The van der Waals surface area contributed by atoms with E-state index in [0.717, 1.165) is 23.9 Å². The summed E-state index contributed by atoms with van der Waals surface area (Å²) in [7, 11) is 0. The van der Waals surface area contributed by atoms with E-state index in [1.807, 2.05) is 11.3 Å². The third-order valence-electron chi connectivity index (χ3n) is 3.28. The molecule has 0 spiro atoms. The predicted octanol–water partition coefficient (Wildman–Crippen LogP) is 5.86. The minimum absolute atomic E-state index is 0.383. The maximum Gasteiger partial charge on any atom is 0.0701 e. The molecule has 0 aliphatic rings. The molecule has 108 valence electrons. The molecular formula is C16H19Br2NS. The molecule has 1 heterocycles. The molecule has 0 aliphatic carbocycles. The van der Waals surface area contributed by atoms with Gasteiger partial charge in [0.05, 0.1) is 3.79 Å². The van der Waals surface area contributed by atoms with Crippen LogP contribution in [-0.2, 0) is 6.42 Å². The van der Waals surface area contributed by atoms with Crippen LogP contribution in [0.3, 0.4) is 0 Å². The molecule has 4 heteroatoms. The Balaban J connectivity index is 2.22. The van der Waals surface area contributed by atoms with Gasteiger partial charge >= 0.3 is 0 Å². The van der Waals surface area contributed by atoms with Crippen LogP contribution in [0, 0.1) is 6.92 Å². The molecule has 1 aromatic carbocycles. The van der Waals surface area contributed by atoms with E-state index in [4.69, 9.17) is 0 Å². The van der Waals surface area contributed by atoms with Gasteiger partial charge in [0.15, 0.2) is 0 Å². The lowest BCUT2D eigenvalue weighted by molar-refractivity contribution is 0.530. The number of thiophene rings is 1. The number of nitrogens with one attached hydrogen (secondary N) is 1. The Morgan fingerprint density at radius 3 is 2.60 bits per heavy atom. The lowest BCUT2D eigenvalue weighted by atomic mass is 9.98. The molecule has 0 amide bonds. The Morgan fingerprint density at radius 1 is 1.20 bits per heavy atom. The summed E-state index contributed by atoms with van der Waals surface area (Å²) in [5.74, 6) is 0. The highest BCUT2D eigenvalue weighted by molar-refractivity contribution is 9.11. The second-order valence-electron chi connectivity index (χ2n) is 4.92. The standard InChI is InChI=1S/C16H19Br2NS/c1-3-8-19-15(10-13-5-7-16(18)20-13)14-6-4-12(17)9-11(14)2/h4-7,9,15,19H,3,8,10H2,1-2H3. The maximum absolute atomic E-state index is 3.68. The Kier molecular flexibility index (Phi) is 6.27. The Labute approximate surface area is 142 Å². The minimum atomic E-state index is 0.383. The zero-order valence-electron chi connectivity index (χ0n) is 11.7. The van der Waals surface area contributed by atoms with Gasteiger partial charge in [-0.3, -0.25) is 0 Å². The van der Waals surface area contributed by atoms with Gasteiger partial charge in [0.25, 0.3) is 0 Å². The monoisotopic (exact) mass is 415 g/mol. The zero-order chi connectivity index (χ0) is 14.5. The molecule has 0 fully saturated rings. The van der Waals surface area contributed by atoms with E-state index in [1.54, 1.807) is 0 Å². The topological polar surface area (TPSA) is 12.0 Å². The smallest absolute Gasteiger partial charge is 0.0701 e. The highest BCUT2D eigenvalue weighted by Gasteiger charge is 2.15. The fourth-order valence-corrected chi connectivity index (χ4v) is 4.31. The molecule has 1 aromatic heterocycles. The predicted molar refractivity (Wildman–Crippen MR) is 95.6 cm³/mol. The summed E-state index contributed by atoms with van der Waals surface area (Å²) < 4.78 is 2.35. The summed E-state index contributed by atoms with van der Waals surface area (Å²) in [4.78, 5) is 1.41. The second-order valence-corrected chi connectivity index (χ2v) is 8.38. The SMILES string of the molecule is CCCNC(Cc1ccc(Br)s1)c1ccc(Br)cc1C. The van der Waals surface area contributed by atoms with Crippen molar-refractivity contribution < 1.29 is 0 Å². The molecule has 1 N–H and O–H groups in total. The van der Waals surface area contributed by atoms with Crippen molar-refractivity contribution in [1.82, 2.24) is 5.32 Å². The van der Waals surface area contributed by atoms with Gasteiger partial charge in [-0.1, -0.05) is 28.9 Å². The van der Waals surface area contributed by atoms with Crippen LogP contribution in [0.1, 0.15) is 35.4 Å². The molecule has 1 atom stereocenters. The number of halogens is 2. The van der Waals surface area contributed by atoms with Gasteiger partial charge in [-0.25, -0.2) is 0 Å². The van der Waals surface area contributed by atoms with Crippen LogP contribution in [-0.4, -0.2) is 6.54 Å². The minimum Gasteiger partial charge on any atom is -0.310 e. The first-order chi connectivity index (χ1) is 9.60. The van der Waals surface area contributed by atoms with Crippen molar-refractivity contribution in [2.75, 3.05) is 6.54 Å². The van der Waals surface area contributed by atoms with Gasteiger partial charge < -0.3 is 5.32 Å². The number of rotatable bonds is 6. The number of aryl methyl sites for hydroxylation is 1. The van der Waals surface area contributed by atoms with Gasteiger partial charge in [0, 0.05) is 21.8 Å². The first-order valence-corrected chi connectivity index (χ1v) is 9.24. The molecule has 0 radical (unpaired) electrons. The molecule has 2 rings (SSSR count). The molecule has 0 bridgehead atoms. The highest BCUT2D eigenvalue weighted by Crippen LogP contribution is 2.29. The summed E-state index contributed by atoms with van der Waals surface area (Å²) in [6, 6.07) is 11.3. The number of hydrogen-bond acceptors (Lipinski definition) is 2. The van der Waals surface area contributed by atoms with Crippen molar-refractivity contribution >= 4 is 43.2 Å².